The van der Waals surface area contributed by atoms with E-state index < -0.39 is 0 Å². The Morgan fingerprint density at radius 1 is 1.00 bits per heavy atom. The molecule has 118 valence electrons. The molecule has 0 aliphatic rings. The van der Waals surface area contributed by atoms with E-state index in [4.69, 9.17) is 40.6 Å². The Balaban J connectivity index is 1.78. The van der Waals surface area contributed by atoms with Crippen molar-refractivity contribution >= 4 is 46.6 Å². The molecule has 1 aromatic heterocycles. The molecule has 0 radical (unpaired) electrons. The molecule has 4 nitrogen and oxygen atoms in total. The van der Waals surface area contributed by atoms with Crippen LogP contribution in [0, 0.1) is 0 Å². The van der Waals surface area contributed by atoms with E-state index in [1.54, 1.807) is 18.2 Å². The fraction of sp³-hybridized carbons (Fsp3) is 0.0667. The van der Waals surface area contributed by atoms with Gasteiger partial charge < -0.3 is 5.84 Å². The summed E-state index contributed by atoms with van der Waals surface area (Å²) in [6.45, 7) is 0. The molecule has 0 bridgehead atoms. The second-order valence-corrected chi connectivity index (χ2v) is 6.92. The summed E-state index contributed by atoms with van der Waals surface area (Å²) < 4.78 is 1.45. The number of benzene rings is 2. The molecule has 3 rings (SSSR count). The quantitative estimate of drug-likeness (QED) is 0.512. The summed E-state index contributed by atoms with van der Waals surface area (Å²) >= 11 is 19.4. The average molecular weight is 386 g/mol. The molecule has 0 amide bonds. The fourth-order valence-corrected chi connectivity index (χ4v) is 3.29. The molecule has 0 saturated carbocycles. The van der Waals surface area contributed by atoms with E-state index in [-0.39, 0.29) is 0 Å². The van der Waals surface area contributed by atoms with Gasteiger partial charge in [0.1, 0.15) is 0 Å². The SMILES string of the molecule is Nn1c(SCc2ccc(Cl)c(Cl)c2)nnc1-c1cccc(Cl)c1. The van der Waals surface area contributed by atoms with E-state index in [2.05, 4.69) is 10.2 Å². The zero-order valence-electron chi connectivity index (χ0n) is 11.7. The standard InChI is InChI=1S/C15H11Cl3N4S/c16-11-3-1-2-10(7-11)14-20-21-15(22(14)19)23-8-9-4-5-12(17)13(18)6-9/h1-7H,8,19H2. The summed E-state index contributed by atoms with van der Waals surface area (Å²) in [7, 11) is 0. The highest BCUT2D eigenvalue weighted by Gasteiger charge is 2.12. The normalized spacial score (nSPS) is 10.9. The molecular weight excluding hydrogens is 375 g/mol. The topological polar surface area (TPSA) is 56.7 Å². The van der Waals surface area contributed by atoms with Gasteiger partial charge in [0.15, 0.2) is 5.82 Å². The summed E-state index contributed by atoms with van der Waals surface area (Å²) in [5, 5.41) is 10.5. The summed E-state index contributed by atoms with van der Waals surface area (Å²) in [5.74, 6) is 7.30. The molecule has 0 unspecified atom stereocenters. The van der Waals surface area contributed by atoms with Crippen molar-refractivity contribution in [2.24, 2.45) is 0 Å². The number of nitrogens with two attached hydrogens (primary N) is 1. The lowest BCUT2D eigenvalue weighted by Crippen LogP contribution is -2.11. The number of hydrogen-bond acceptors (Lipinski definition) is 4. The lowest BCUT2D eigenvalue weighted by atomic mass is 10.2. The highest BCUT2D eigenvalue weighted by molar-refractivity contribution is 7.98. The van der Waals surface area contributed by atoms with Crippen LogP contribution in [0.15, 0.2) is 47.6 Å². The first-order valence-electron chi connectivity index (χ1n) is 6.58. The summed E-state index contributed by atoms with van der Waals surface area (Å²) in [5.41, 5.74) is 1.84. The molecule has 0 spiro atoms. The van der Waals surface area contributed by atoms with Crippen LogP contribution in [0.25, 0.3) is 11.4 Å². The predicted octanol–water partition coefficient (Wildman–Crippen LogP) is 4.91. The van der Waals surface area contributed by atoms with Gasteiger partial charge in [-0.3, -0.25) is 0 Å². The summed E-state index contributed by atoms with van der Waals surface area (Å²) in [4.78, 5) is 0. The molecule has 0 aliphatic heterocycles. The first kappa shape index (κ1) is 16.5. The lowest BCUT2D eigenvalue weighted by molar-refractivity contribution is 0.849. The minimum atomic E-state index is 0.526. The third-order valence-corrected chi connectivity index (χ3v) is 5.09. The zero-order chi connectivity index (χ0) is 16.4. The van der Waals surface area contributed by atoms with Crippen molar-refractivity contribution in [3.63, 3.8) is 0 Å². The number of nitrogens with zero attached hydrogens (tertiary/aromatic N) is 3. The highest BCUT2D eigenvalue weighted by atomic mass is 35.5. The van der Waals surface area contributed by atoms with Crippen LogP contribution >= 0.6 is 46.6 Å². The smallest absolute Gasteiger partial charge is 0.210 e. The Hall–Kier alpha value is -1.40. The van der Waals surface area contributed by atoms with Gasteiger partial charge in [-0.05, 0) is 29.8 Å². The van der Waals surface area contributed by atoms with Crippen molar-refractivity contribution < 1.29 is 0 Å². The van der Waals surface area contributed by atoms with E-state index in [9.17, 15) is 0 Å². The monoisotopic (exact) mass is 384 g/mol. The van der Waals surface area contributed by atoms with Gasteiger partial charge in [0, 0.05) is 16.3 Å². The van der Waals surface area contributed by atoms with E-state index in [1.807, 2.05) is 24.3 Å². The Labute approximate surface area is 152 Å². The van der Waals surface area contributed by atoms with Gasteiger partial charge in [0.2, 0.25) is 5.16 Å². The molecule has 2 N–H and O–H groups in total. The Kier molecular flexibility index (Phi) is 5.02. The molecule has 2 aromatic carbocycles. The molecule has 0 saturated heterocycles. The van der Waals surface area contributed by atoms with E-state index in [0.29, 0.717) is 31.8 Å². The summed E-state index contributed by atoms with van der Waals surface area (Å²) in [6, 6.07) is 12.8. The van der Waals surface area contributed by atoms with Gasteiger partial charge in [-0.2, -0.15) is 0 Å². The van der Waals surface area contributed by atoms with Gasteiger partial charge in [-0.15, -0.1) is 10.2 Å². The van der Waals surface area contributed by atoms with E-state index in [1.165, 1.54) is 16.4 Å². The van der Waals surface area contributed by atoms with Crippen LogP contribution in [0.5, 0.6) is 0 Å². The van der Waals surface area contributed by atoms with Gasteiger partial charge in [-0.1, -0.05) is 64.8 Å². The van der Waals surface area contributed by atoms with E-state index >= 15 is 0 Å². The minimum absolute atomic E-state index is 0.526. The van der Waals surface area contributed by atoms with Crippen molar-refractivity contribution in [2.45, 2.75) is 10.9 Å². The van der Waals surface area contributed by atoms with Crippen LogP contribution in [-0.4, -0.2) is 14.9 Å². The van der Waals surface area contributed by atoms with Gasteiger partial charge >= 0.3 is 0 Å². The number of hydrogen-bond donors (Lipinski definition) is 1. The van der Waals surface area contributed by atoms with Crippen molar-refractivity contribution in [1.29, 1.82) is 0 Å². The van der Waals surface area contributed by atoms with Crippen LogP contribution in [0.3, 0.4) is 0 Å². The Morgan fingerprint density at radius 2 is 1.83 bits per heavy atom. The molecule has 3 aromatic rings. The maximum atomic E-state index is 6.08. The Bertz CT molecular complexity index is 850. The second-order valence-electron chi connectivity index (χ2n) is 4.72. The first-order chi connectivity index (χ1) is 11.0. The largest absolute Gasteiger partial charge is 0.335 e. The highest BCUT2D eigenvalue weighted by Crippen LogP contribution is 2.28. The number of rotatable bonds is 4. The number of thioether (sulfide) groups is 1. The fourth-order valence-electron chi connectivity index (χ4n) is 1.98. The Morgan fingerprint density at radius 3 is 2.57 bits per heavy atom. The molecule has 0 aliphatic carbocycles. The van der Waals surface area contributed by atoms with Gasteiger partial charge in [0.25, 0.3) is 0 Å². The third-order valence-electron chi connectivity index (χ3n) is 3.10. The third kappa shape index (κ3) is 3.75. The predicted molar refractivity (Wildman–Crippen MR) is 96.6 cm³/mol. The van der Waals surface area contributed by atoms with Crippen molar-refractivity contribution in [2.75, 3.05) is 5.84 Å². The maximum Gasteiger partial charge on any atom is 0.210 e. The molecule has 1 heterocycles. The maximum absolute atomic E-state index is 6.08. The molecule has 0 fully saturated rings. The lowest BCUT2D eigenvalue weighted by Gasteiger charge is -2.05. The van der Waals surface area contributed by atoms with Gasteiger partial charge in [0.05, 0.1) is 10.0 Å². The second kappa shape index (κ2) is 7.01. The van der Waals surface area contributed by atoms with Crippen molar-refractivity contribution in [3.8, 4) is 11.4 Å². The minimum Gasteiger partial charge on any atom is -0.335 e. The van der Waals surface area contributed by atoms with Crippen molar-refractivity contribution in [1.82, 2.24) is 14.9 Å². The van der Waals surface area contributed by atoms with Gasteiger partial charge in [-0.25, -0.2) is 4.68 Å². The molecule has 0 atom stereocenters. The van der Waals surface area contributed by atoms with Crippen LogP contribution in [0.1, 0.15) is 5.56 Å². The number of aromatic nitrogens is 3. The van der Waals surface area contributed by atoms with Crippen LogP contribution in [-0.2, 0) is 5.75 Å². The van der Waals surface area contributed by atoms with Crippen LogP contribution in [0.4, 0.5) is 0 Å². The van der Waals surface area contributed by atoms with Crippen LogP contribution < -0.4 is 5.84 Å². The molecule has 8 heteroatoms. The summed E-state index contributed by atoms with van der Waals surface area (Å²) in [6.07, 6.45) is 0. The first-order valence-corrected chi connectivity index (χ1v) is 8.69. The average Bonchev–Trinajstić information content (AvgIpc) is 2.89. The zero-order valence-corrected chi connectivity index (χ0v) is 14.8. The molecular formula is C15H11Cl3N4S. The number of nitrogen functional groups attached to an aromatic ring is 1. The molecule has 23 heavy (non-hydrogen) atoms. The van der Waals surface area contributed by atoms with Crippen LogP contribution in [0.2, 0.25) is 15.1 Å². The van der Waals surface area contributed by atoms with Crippen molar-refractivity contribution in [3.05, 3.63) is 63.1 Å². The van der Waals surface area contributed by atoms with E-state index in [0.717, 1.165) is 11.1 Å². The number of halogens is 3.